The van der Waals surface area contributed by atoms with E-state index in [4.69, 9.17) is 0 Å². The third-order valence-corrected chi connectivity index (χ3v) is 3.57. The van der Waals surface area contributed by atoms with E-state index in [1.165, 1.54) is 0 Å². The Morgan fingerprint density at radius 3 is 2.50 bits per heavy atom. The van der Waals surface area contributed by atoms with Crippen molar-refractivity contribution >= 4 is 34.3 Å². The number of anilines is 3. The van der Waals surface area contributed by atoms with Gasteiger partial charge in [0.15, 0.2) is 0 Å². The highest BCUT2D eigenvalue weighted by Crippen LogP contribution is 2.28. The molecule has 3 rings (SSSR count). The molecule has 1 heterocycles. The molecule has 0 amide bonds. The Kier molecular flexibility index (Phi) is 3.74. The summed E-state index contributed by atoms with van der Waals surface area (Å²) in [6, 6.07) is 15.5. The standard InChI is InChI=1S/C18H17N3O/c1-21(2)15-7-8-17-16(11-15)18(9-10-19-17)20-14-5-3-13(12-22)4-6-14/h3-12H,1-2H3,(H,19,20). The summed E-state index contributed by atoms with van der Waals surface area (Å²) in [6.07, 6.45) is 2.63. The number of benzene rings is 2. The van der Waals surface area contributed by atoms with Crippen molar-refractivity contribution in [2.45, 2.75) is 0 Å². The average Bonchev–Trinajstić information content (AvgIpc) is 2.55. The molecule has 110 valence electrons. The second-order valence-electron chi connectivity index (χ2n) is 5.32. The van der Waals surface area contributed by atoms with Gasteiger partial charge in [0, 0.05) is 48.3 Å². The molecular weight excluding hydrogens is 274 g/mol. The molecule has 0 spiro atoms. The van der Waals surface area contributed by atoms with E-state index < -0.39 is 0 Å². The molecule has 0 unspecified atom stereocenters. The Hall–Kier alpha value is -2.88. The molecule has 0 aliphatic heterocycles. The second-order valence-corrected chi connectivity index (χ2v) is 5.32. The van der Waals surface area contributed by atoms with Crippen LogP contribution in [0.5, 0.6) is 0 Å². The van der Waals surface area contributed by atoms with Crippen molar-refractivity contribution in [1.82, 2.24) is 4.98 Å². The van der Waals surface area contributed by atoms with Crippen LogP contribution < -0.4 is 10.2 Å². The Morgan fingerprint density at radius 2 is 1.82 bits per heavy atom. The summed E-state index contributed by atoms with van der Waals surface area (Å²) in [6.45, 7) is 0. The van der Waals surface area contributed by atoms with Crippen LogP contribution >= 0.6 is 0 Å². The fourth-order valence-corrected chi connectivity index (χ4v) is 2.32. The molecule has 3 aromatic rings. The van der Waals surface area contributed by atoms with Crippen molar-refractivity contribution in [1.29, 1.82) is 0 Å². The summed E-state index contributed by atoms with van der Waals surface area (Å²) in [4.78, 5) is 17.2. The van der Waals surface area contributed by atoms with Crippen LogP contribution in [0.1, 0.15) is 10.4 Å². The molecule has 0 radical (unpaired) electrons. The van der Waals surface area contributed by atoms with E-state index in [-0.39, 0.29) is 0 Å². The van der Waals surface area contributed by atoms with Crippen LogP contribution in [0.2, 0.25) is 0 Å². The minimum Gasteiger partial charge on any atom is -0.378 e. The van der Waals surface area contributed by atoms with E-state index in [1.54, 1.807) is 18.3 Å². The van der Waals surface area contributed by atoms with E-state index in [1.807, 2.05) is 38.4 Å². The van der Waals surface area contributed by atoms with Crippen molar-refractivity contribution in [2.24, 2.45) is 0 Å². The number of aromatic nitrogens is 1. The van der Waals surface area contributed by atoms with Crippen LogP contribution in [-0.2, 0) is 0 Å². The summed E-state index contributed by atoms with van der Waals surface area (Å²) in [5, 5.41) is 4.45. The highest BCUT2D eigenvalue weighted by atomic mass is 16.1. The van der Waals surface area contributed by atoms with Crippen molar-refractivity contribution < 1.29 is 4.79 Å². The van der Waals surface area contributed by atoms with Gasteiger partial charge in [-0.25, -0.2) is 0 Å². The predicted molar refractivity (Wildman–Crippen MR) is 91.2 cm³/mol. The summed E-state index contributed by atoms with van der Waals surface area (Å²) in [5.41, 5.74) is 4.67. The zero-order valence-corrected chi connectivity index (χ0v) is 12.6. The smallest absolute Gasteiger partial charge is 0.150 e. The fourth-order valence-electron chi connectivity index (χ4n) is 2.32. The molecule has 0 bridgehead atoms. The number of pyridine rings is 1. The number of fused-ring (bicyclic) bond motifs is 1. The van der Waals surface area contributed by atoms with Gasteiger partial charge in [-0.2, -0.15) is 0 Å². The maximum absolute atomic E-state index is 10.7. The zero-order valence-electron chi connectivity index (χ0n) is 12.6. The quantitative estimate of drug-likeness (QED) is 0.741. The lowest BCUT2D eigenvalue weighted by Crippen LogP contribution is -2.08. The summed E-state index contributed by atoms with van der Waals surface area (Å²) in [7, 11) is 4.03. The molecule has 22 heavy (non-hydrogen) atoms. The van der Waals surface area contributed by atoms with Gasteiger partial charge in [0.2, 0.25) is 0 Å². The number of carbonyl (C=O) groups is 1. The molecule has 0 saturated carbocycles. The summed E-state index contributed by atoms with van der Waals surface area (Å²) in [5.74, 6) is 0. The number of hydrogen-bond acceptors (Lipinski definition) is 4. The molecule has 0 saturated heterocycles. The van der Waals surface area contributed by atoms with Gasteiger partial charge in [-0.1, -0.05) is 0 Å². The Bertz CT molecular complexity index is 810. The number of nitrogens with zero attached hydrogens (tertiary/aromatic N) is 2. The Labute approximate surface area is 129 Å². The maximum atomic E-state index is 10.7. The molecule has 0 aliphatic carbocycles. The molecule has 1 N–H and O–H groups in total. The minimum atomic E-state index is 0.667. The normalized spacial score (nSPS) is 10.5. The molecule has 2 aromatic carbocycles. The number of carbonyl (C=O) groups excluding carboxylic acids is 1. The monoisotopic (exact) mass is 291 g/mol. The number of aldehydes is 1. The van der Waals surface area contributed by atoms with Crippen molar-refractivity contribution in [2.75, 3.05) is 24.3 Å². The van der Waals surface area contributed by atoms with E-state index in [2.05, 4.69) is 27.3 Å². The van der Waals surface area contributed by atoms with E-state index in [9.17, 15) is 4.79 Å². The average molecular weight is 291 g/mol. The van der Waals surface area contributed by atoms with Crippen LogP contribution in [0, 0.1) is 0 Å². The third-order valence-electron chi connectivity index (χ3n) is 3.57. The van der Waals surface area contributed by atoms with Crippen molar-refractivity contribution in [3.63, 3.8) is 0 Å². The first kappa shape index (κ1) is 14.1. The van der Waals surface area contributed by atoms with E-state index >= 15 is 0 Å². The minimum absolute atomic E-state index is 0.667. The summed E-state index contributed by atoms with van der Waals surface area (Å²) < 4.78 is 0. The van der Waals surface area contributed by atoms with E-state index in [0.717, 1.165) is 34.3 Å². The van der Waals surface area contributed by atoms with Crippen molar-refractivity contribution in [3.05, 3.63) is 60.3 Å². The number of nitrogens with one attached hydrogen (secondary N) is 1. The Morgan fingerprint density at radius 1 is 1.05 bits per heavy atom. The first-order chi connectivity index (χ1) is 10.7. The zero-order chi connectivity index (χ0) is 15.5. The van der Waals surface area contributed by atoms with Gasteiger partial charge in [0.1, 0.15) is 6.29 Å². The van der Waals surface area contributed by atoms with Gasteiger partial charge in [0.25, 0.3) is 0 Å². The second kappa shape index (κ2) is 5.85. The van der Waals surface area contributed by atoms with Gasteiger partial charge >= 0.3 is 0 Å². The first-order valence-electron chi connectivity index (χ1n) is 7.06. The fraction of sp³-hybridized carbons (Fsp3) is 0.111. The van der Waals surface area contributed by atoms with Crippen LogP contribution in [0.25, 0.3) is 10.9 Å². The highest BCUT2D eigenvalue weighted by molar-refractivity contribution is 5.95. The van der Waals surface area contributed by atoms with Gasteiger partial charge < -0.3 is 10.2 Å². The first-order valence-corrected chi connectivity index (χ1v) is 7.06. The van der Waals surface area contributed by atoms with Crippen LogP contribution in [0.15, 0.2) is 54.7 Å². The number of hydrogen-bond donors (Lipinski definition) is 1. The molecule has 0 aliphatic rings. The molecule has 4 heteroatoms. The molecule has 0 fully saturated rings. The van der Waals surface area contributed by atoms with Crippen LogP contribution in [-0.4, -0.2) is 25.4 Å². The van der Waals surface area contributed by atoms with Crippen LogP contribution in [0.3, 0.4) is 0 Å². The molecular formula is C18H17N3O. The van der Waals surface area contributed by atoms with Gasteiger partial charge in [-0.05, 0) is 48.5 Å². The Balaban J connectivity index is 2.01. The lowest BCUT2D eigenvalue weighted by Gasteiger charge is -2.15. The van der Waals surface area contributed by atoms with Crippen LogP contribution in [0.4, 0.5) is 17.1 Å². The van der Waals surface area contributed by atoms with Gasteiger partial charge in [0.05, 0.1) is 5.52 Å². The lowest BCUT2D eigenvalue weighted by atomic mass is 10.1. The van der Waals surface area contributed by atoms with Crippen molar-refractivity contribution in [3.8, 4) is 0 Å². The largest absolute Gasteiger partial charge is 0.378 e. The SMILES string of the molecule is CN(C)c1ccc2nccc(Nc3ccc(C=O)cc3)c2c1. The topological polar surface area (TPSA) is 45.2 Å². The lowest BCUT2D eigenvalue weighted by molar-refractivity contribution is 0.112. The van der Waals surface area contributed by atoms with Gasteiger partial charge in [-0.3, -0.25) is 9.78 Å². The molecule has 0 atom stereocenters. The maximum Gasteiger partial charge on any atom is 0.150 e. The molecule has 1 aromatic heterocycles. The van der Waals surface area contributed by atoms with E-state index in [0.29, 0.717) is 5.56 Å². The predicted octanol–water partition coefficient (Wildman–Crippen LogP) is 3.86. The third kappa shape index (κ3) is 2.76. The number of rotatable bonds is 4. The summed E-state index contributed by atoms with van der Waals surface area (Å²) >= 11 is 0. The molecule has 4 nitrogen and oxygen atoms in total. The van der Waals surface area contributed by atoms with Gasteiger partial charge in [-0.15, -0.1) is 0 Å². The highest BCUT2D eigenvalue weighted by Gasteiger charge is 2.05.